The van der Waals surface area contributed by atoms with E-state index in [9.17, 15) is 0 Å². The number of rotatable bonds is 8. The van der Waals surface area contributed by atoms with Gasteiger partial charge < -0.3 is 24.8 Å². The molecule has 50 heavy (non-hydrogen) atoms. The second-order valence-corrected chi connectivity index (χ2v) is 26.6. The van der Waals surface area contributed by atoms with Gasteiger partial charge in [0.2, 0.25) is 0 Å². The van der Waals surface area contributed by atoms with Crippen LogP contribution >= 0.6 is 0 Å². The van der Waals surface area contributed by atoms with Gasteiger partial charge >= 0.3 is 293 Å². The third-order valence-corrected chi connectivity index (χ3v) is 28.2. The van der Waals surface area contributed by atoms with Crippen LogP contribution in [-0.2, 0) is 20.3 Å². The summed E-state index contributed by atoms with van der Waals surface area (Å²) in [6.45, 7) is 0. The monoisotopic (exact) mass is 780 g/mol. The summed E-state index contributed by atoms with van der Waals surface area (Å²) in [7, 11) is 3.52. The third kappa shape index (κ3) is 5.88. The summed E-state index contributed by atoms with van der Waals surface area (Å²) < 4.78 is 15.5. The molecule has 5 heteroatoms. The molecular weight excluding hydrogens is 735 g/mol. The van der Waals surface area contributed by atoms with Gasteiger partial charge in [0.1, 0.15) is 0 Å². The summed E-state index contributed by atoms with van der Waals surface area (Å²) in [5.74, 6) is 3.36. The molecule has 1 heterocycles. The SMILES string of the molecule is COc1ccc(-c2cccc3c2C=C(C2CCCC2)[CH]3[Zr+2]2([CH]3C(C4CCCC4)=Cc4c(-c5ccc(OC)cc5)cccc43)[CH2]C[CH2]2)cc1.[Cl-].[Cl-]. The van der Waals surface area contributed by atoms with Gasteiger partial charge in [0.15, 0.2) is 0 Å². The molecule has 4 aromatic carbocycles. The van der Waals surface area contributed by atoms with Crippen molar-refractivity contribution in [3.05, 3.63) is 118 Å². The maximum atomic E-state index is 5.54. The minimum absolute atomic E-state index is 0. The molecule has 5 aliphatic rings. The maximum Gasteiger partial charge on any atom is -1.00 e. The van der Waals surface area contributed by atoms with Crippen LogP contribution in [0.5, 0.6) is 11.5 Å². The number of fused-ring (bicyclic) bond motifs is 2. The van der Waals surface area contributed by atoms with Crippen molar-refractivity contribution in [2.24, 2.45) is 11.8 Å². The normalized spacial score (nSPS) is 21.4. The number of benzene rings is 4. The molecule has 2 unspecified atom stereocenters. The van der Waals surface area contributed by atoms with Gasteiger partial charge in [0.05, 0.1) is 0 Å². The van der Waals surface area contributed by atoms with E-state index in [4.69, 9.17) is 9.47 Å². The molecule has 0 spiro atoms. The largest absolute Gasteiger partial charge is 1.00 e. The predicted octanol–water partition coefficient (Wildman–Crippen LogP) is 6.40. The van der Waals surface area contributed by atoms with Crippen molar-refractivity contribution in [2.45, 2.75) is 73.3 Å². The molecule has 0 amide bonds. The van der Waals surface area contributed by atoms with E-state index < -0.39 is 20.3 Å². The Labute approximate surface area is 316 Å². The van der Waals surface area contributed by atoms with Crippen LogP contribution in [0.2, 0.25) is 8.26 Å². The summed E-state index contributed by atoms with van der Waals surface area (Å²) >= 11 is -2.98. The van der Waals surface area contributed by atoms with Crippen molar-refractivity contribution in [1.82, 2.24) is 0 Å². The fourth-order valence-electron chi connectivity index (χ4n) is 10.7. The zero-order valence-corrected chi connectivity index (χ0v) is 33.4. The Morgan fingerprint density at radius 1 is 0.500 bits per heavy atom. The Morgan fingerprint density at radius 3 is 1.24 bits per heavy atom. The zero-order valence-electron chi connectivity index (χ0n) is 29.4. The Kier molecular flexibility index (Phi) is 10.6. The van der Waals surface area contributed by atoms with E-state index in [-0.39, 0.29) is 24.8 Å². The van der Waals surface area contributed by atoms with Crippen LogP contribution in [0.3, 0.4) is 0 Å². The van der Waals surface area contributed by atoms with Crippen molar-refractivity contribution in [1.29, 1.82) is 0 Å². The van der Waals surface area contributed by atoms with E-state index in [1.54, 1.807) is 25.3 Å². The molecule has 0 aromatic heterocycles. The quantitative estimate of drug-likeness (QED) is 0.206. The number of halogens is 2. The average molecular weight is 783 g/mol. The van der Waals surface area contributed by atoms with E-state index in [1.807, 2.05) is 11.1 Å². The maximum absolute atomic E-state index is 5.54. The minimum atomic E-state index is -2.98. The van der Waals surface area contributed by atoms with Crippen LogP contribution in [0.25, 0.3) is 34.4 Å². The van der Waals surface area contributed by atoms with Crippen LogP contribution in [0.4, 0.5) is 0 Å². The van der Waals surface area contributed by atoms with Gasteiger partial charge in [0, 0.05) is 0 Å². The predicted molar refractivity (Wildman–Crippen MR) is 196 cm³/mol. The molecule has 3 fully saturated rings. The molecule has 2 atom stereocenters. The van der Waals surface area contributed by atoms with Crippen molar-refractivity contribution in [3.63, 3.8) is 0 Å². The molecule has 0 N–H and O–H groups in total. The van der Waals surface area contributed by atoms with Crippen LogP contribution in [0.15, 0.2) is 96.1 Å². The number of methoxy groups -OCH3 is 2. The van der Waals surface area contributed by atoms with Gasteiger partial charge in [-0.05, 0) is 0 Å². The molecular formula is C45H48Cl2O2Zr. The van der Waals surface area contributed by atoms with E-state index in [1.165, 1.54) is 99.4 Å². The number of hydrogen-bond acceptors (Lipinski definition) is 2. The molecule has 9 rings (SSSR count). The Balaban J connectivity index is 0.00000196. The average Bonchev–Trinajstić information content (AvgIpc) is 3.95. The first-order valence-corrected chi connectivity index (χ1v) is 25.0. The fourth-order valence-corrected chi connectivity index (χ4v) is 26.4. The summed E-state index contributed by atoms with van der Waals surface area (Å²) in [5, 5.41) is 0. The van der Waals surface area contributed by atoms with Crippen LogP contribution in [0.1, 0.15) is 87.3 Å². The van der Waals surface area contributed by atoms with E-state index in [2.05, 4.69) is 97.1 Å². The van der Waals surface area contributed by atoms with Gasteiger partial charge in [-0.25, -0.2) is 0 Å². The summed E-state index contributed by atoms with van der Waals surface area (Å²) in [6, 6.07) is 32.2. The van der Waals surface area contributed by atoms with Crippen LogP contribution < -0.4 is 34.3 Å². The molecule has 0 radical (unpaired) electrons. The number of hydrogen-bond donors (Lipinski definition) is 0. The second-order valence-electron chi connectivity index (χ2n) is 15.3. The van der Waals surface area contributed by atoms with Gasteiger partial charge in [-0.2, -0.15) is 0 Å². The first kappa shape index (κ1) is 35.8. The molecule has 1 saturated heterocycles. The summed E-state index contributed by atoms with van der Waals surface area (Å²) in [4.78, 5) is 0. The standard InChI is InChI=1S/2C21H21O.C3H6.2ClH.Zr/c2*1-22-19-11-9-16(10-12-19)20-8-4-7-17-13-18(14-21(17)20)15-5-2-3-6-15;1-3-2;;;/h2*4,7-15H,2-3,5-6H2,1H3;1-3H2;2*1H;/q;;;;;+2/p-2. The molecule has 2 nitrogen and oxygen atoms in total. The van der Waals surface area contributed by atoms with Crippen molar-refractivity contribution >= 4 is 12.2 Å². The zero-order chi connectivity index (χ0) is 32.2. The van der Waals surface area contributed by atoms with E-state index in [0.29, 0.717) is 7.25 Å². The van der Waals surface area contributed by atoms with E-state index >= 15 is 0 Å². The van der Waals surface area contributed by atoms with Gasteiger partial charge in [0.25, 0.3) is 0 Å². The molecule has 4 aliphatic carbocycles. The molecule has 2 saturated carbocycles. The molecule has 4 aromatic rings. The molecule has 0 bridgehead atoms. The number of ether oxygens (including phenoxy) is 2. The van der Waals surface area contributed by atoms with Crippen molar-refractivity contribution in [3.8, 4) is 33.8 Å². The molecule has 1 aliphatic heterocycles. The smallest absolute Gasteiger partial charge is 1.00 e. The first-order valence-electron chi connectivity index (χ1n) is 18.7. The summed E-state index contributed by atoms with van der Waals surface area (Å²) in [6.07, 6.45) is 18.0. The van der Waals surface area contributed by atoms with Crippen LogP contribution in [0, 0.1) is 11.8 Å². The van der Waals surface area contributed by atoms with Gasteiger partial charge in [-0.1, -0.05) is 0 Å². The summed E-state index contributed by atoms with van der Waals surface area (Å²) in [5.41, 5.74) is 15.6. The minimum Gasteiger partial charge on any atom is -1.00 e. The van der Waals surface area contributed by atoms with Crippen LogP contribution in [-0.4, -0.2) is 14.2 Å². The Morgan fingerprint density at radius 2 is 0.900 bits per heavy atom. The fraction of sp³-hybridized carbons (Fsp3) is 0.378. The third-order valence-electron chi connectivity index (χ3n) is 13.1. The van der Waals surface area contributed by atoms with E-state index in [0.717, 1.165) is 23.3 Å². The van der Waals surface area contributed by atoms with Crippen molar-refractivity contribution < 1.29 is 54.6 Å². The Bertz CT molecular complexity index is 1760. The topological polar surface area (TPSA) is 18.5 Å². The van der Waals surface area contributed by atoms with Crippen molar-refractivity contribution in [2.75, 3.05) is 14.2 Å². The second kappa shape index (κ2) is 14.8. The first-order chi connectivity index (χ1) is 23.7. The molecule has 258 valence electrons. The Hall–Kier alpha value is -2.58. The number of allylic oxidation sites excluding steroid dienone is 2. The van der Waals surface area contributed by atoms with Gasteiger partial charge in [-0.15, -0.1) is 0 Å². The van der Waals surface area contributed by atoms with Gasteiger partial charge in [-0.3, -0.25) is 0 Å².